The van der Waals surface area contributed by atoms with Gasteiger partial charge in [-0.05, 0) is 0 Å². The topological polar surface area (TPSA) is 0 Å². The first-order valence-corrected chi connectivity index (χ1v) is 22.7. The summed E-state index contributed by atoms with van der Waals surface area (Å²) < 4.78 is 0. The third-order valence-corrected chi connectivity index (χ3v) is 39.4. The molecule has 74 valence electrons. The zero-order valence-electron chi connectivity index (χ0n) is 9.40. The summed E-state index contributed by atoms with van der Waals surface area (Å²) >= 11 is -1.22. The standard InChI is InChI=1S/C10H26Ge2/c1-5-7-9-12(11(3)4)10-8-6-2/h11-12H,5-10H2,1-4H3. The Labute approximate surface area is 86.1 Å². The molecular weight excluding hydrogens is 265 g/mol. The van der Waals surface area contributed by atoms with Gasteiger partial charge in [-0.25, -0.2) is 0 Å². The van der Waals surface area contributed by atoms with Crippen LogP contribution in [0.5, 0.6) is 0 Å². The van der Waals surface area contributed by atoms with Gasteiger partial charge in [-0.1, -0.05) is 0 Å². The summed E-state index contributed by atoms with van der Waals surface area (Å²) in [6, 6.07) is 0. The molecule has 0 atom stereocenters. The third-order valence-electron chi connectivity index (χ3n) is 2.80. The maximum atomic E-state index is 2.64. The van der Waals surface area contributed by atoms with Crippen molar-refractivity contribution in [1.29, 1.82) is 0 Å². The fourth-order valence-corrected chi connectivity index (χ4v) is 28.7. The van der Waals surface area contributed by atoms with E-state index in [4.69, 9.17) is 0 Å². The quantitative estimate of drug-likeness (QED) is 0.631. The normalized spacial score (nSPS) is 11.5. The molecule has 0 saturated heterocycles. The summed E-state index contributed by atoms with van der Waals surface area (Å²) in [7, 11) is 0. The Hall–Kier alpha value is 1.09. The summed E-state index contributed by atoms with van der Waals surface area (Å²) in [5.74, 6) is 5.28. The SMILES string of the molecule is CCC[CH2][GeH]([CH2]CCC)[GeH]([CH3])[CH3]. The molecule has 0 aliphatic heterocycles. The van der Waals surface area contributed by atoms with E-state index in [-0.39, 0.29) is 0 Å². The number of rotatable bonds is 7. The van der Waals surface area contributed by atoms with Crippen LogP contribution in [0.25, 0.3) is 0 Å². The van der Waals surface area contributed by atoms with Crippen molar-refractivity contribution in [3.8, 4) is 0 Å². The first kappa shape index (κ1) is 13.1. The average Bonchev–Trinajstić information content (AvgIpc) is 2.04. The van der Waals surface area contributed by atoms with E-state index in [0.717, 1.165) is 0 Å². The van der Waals surface area contributed by atoms with Crippen molar-refractivity contribution >= 4 is 24.8 Å². The molecule has 0 bridgehead atoms. The molecule has 0 aliphatic carbocycles. The molecule has 0 aromatic heterocycles. The molecule has 0 N–H and O–H groups in total. The van der Waals surface area contributed by atoms with Gasteiger partial charge in [-0.15, -0.1) is 0 Å². The monoisotopic (exact) mass is 294 g/mol. The molecule has 0 nitrogen and oxygen atoms in total. The molecule has 0 saturated carbocycles. The Morgan fingerprint density at radius 2 is 1.25 bits per heavy atom. The Morgan fingerprint density at radius 3 is 1.50 bits per heavy atom. The van der Waals surface area contributed by atoms with Gasteiger partial charge in [-0.2, -0.15) is 0 Å². The first-order chi connectivity index (χ1) is 5.72. The number of unbranched alkanes of at least 4 members (excludes halogenated alkanes) is 2. The molecule has 0 unspecified atom stereocenters. The van der Waals surface area contributed by atoms with E-state index < -0.39 is 24.8 Å². The zero-order valence-corrected chi connectivity index (χ0v) is 14.2. The molecular formula is C10H26Ge2. The van der Waals surface area contributed by atoms with Gasteiger partial charge in [-0.3, -0.25) is 0 Å². The van der Waals surface area contributed by atoms with Gasteiger partial charge in [0.2, 0.25) is 0 Å². The Balaban J connectivity index is 3.55. The van der Waals surface area contributed by atoms with Gasteiger partial charge in [0.1, 0.15) is 0 Å². The van der Waals surface area contributed by atoms with Gasteiger partial charge >= 0.3 is 86.3 Å². The third kappa shape index (κ3) is 6.59. The zero-order chi connectivity index (χ0) is 9.40. The fraction of sp³-hybridized carbons (Fsp3) is 1.00. The van der Waals surface area contributed by atoms with Gasteiger partial charge in [0, 0.05) is 0 Å². The molecule has 12 heavy (non-hydrogen) atoms. The second kappa shape index (κ2) is 8.67. The van der Waals surface area contributed by atoms with Gasteiger partial charge in [0.15, 0.2) is 0 Å². The molecule has 0 aromatic rings. The van der Waals surface area contributed by atoms with Crippen LogP contribution in [0, 0.1) is 0 Å². The van der Waals surface area contributed by atoms with Crippen molar-refractivity contribution in [2.45, 2.75) is 61.5 Å². The van der Waals surface area contributed by atoms with Crippen LogP contribution in [-0.2, 0) is 0 Å². The molecule has 0 rings (SSSR count). The first-order valence-electron chi connectivity index (χ1n) is 5.72. The van der Waals surface area contributed by atoms with Crippen LogP contribution in [0.2, 0.25) is 22.0 Å². The van der Waals surface area contributed by atoms with Crippen molar-refractivity contribution in [3.05, 3.63) is 0 Å². The molecule has 0 aromatic carbocycles. The molecule has 0 amide bonds. The van der Waals surface area contributed by atoms with Gasteiger partial charge < -0.3 is 0 Å². The minimum absolute atomic E-state index is 0.595. The van der Waals surface area contributed by atoms with Crippen LogP contribution in [0.1, 0.15) is 39.5 Å². The molecule has 0 fully saturated rings. The van der Waals surface area contributed by atoms with Crippen molar-refractivity contribution in [2.24, 2.45) is 0 Å². The summed E-state index contributed by atoms with van der Waals surface area (Å²) in [5, 5.41) is 3.45. The second-order valence-electron chi connectivity index (χ2n) is 4.29. The Kier molecular flexibility index (Phi) is 9.46. The van der Waals surface area contributed by atoms with Gasteiger partial charge in [0.25, 0.3) is 0 Å². The van der Waals surface area contributed by atoms with Crippen molar-refractivity contribution in [1.82, 2.24) is 0 Å². The van der Waals surface area contributed by atoms with E-state index >= 15 is 0 Å². The van der Waals surface area contributed by atoms with Gasteiger partial charge in [0.05, 0.1) is 0 Å². The number of hydrogen-bond donors (Lipinski definition) is 0. The average molecular weight is 292 g/mol. The maximum absolute atomic E-state index is 2.64. The Morgan fingerprint density at radius 1 is 0.833 bits per heavy atom. The van der Waals surface area contributed by atoms with Crippen LogP contribution in [0.4, 0.5) is 0 Å². The van der Waals surface area contributed by atoms with Crippen LogP contribution >= 0.6 is 0 Å². The summed E-state index contributed by atoms with van der Waals surface area (Å²) in [6.07, 6.45) is 5.97. The van der Waals surface area contributed by atoms with E-state index in [0.29, 0.717) is 0 Å². The molecule has 0 radical (unpaired) electrons. The van der Waals surface area contributed by atoms with Crippen LogP contribution < -0.4 is 0 Å². The Bertz CT molecular complexity index is 83.8. The second-order valence-corrected chi connectivity index (χ2v) is 39.9. The van der Waals surface area contributed by atoms with Crippen LogP contribution in [0.15, 0.2) is 0 Å². The molecule has 0 spiro atoms. The van der Waals surface area contributed by atoms with Crippen molar-refractivity contribution in [3.63, 3.8) is 0 Å². The van der Waals surface area contributed by atoms with E-state index in [1.807, 2.05) is 0 Å². The van der Waals surface area contributed by atoms with E-state index in [9.17, 15) is 0 Å². The molecule has 2 heteroatoms. The molecule has 0 heterocycles. The van der Waals surface area contributed by atoms with E-state index in [1.54, 1.807) is 23.3 Å². The summed E-state index contributed by atoms with van der Waals surface area (Å²) in [4.78, 5) is 0. The number of hydrogen-bond acceptors (Lipinski definition) is 0. The van der Waals surface area contributed by atoms with Crippen molar-refractivity contribution < 1.29 is 0 Å². The molecule has 0 aliphatic rings. The summed E-state index contributed by atoms with van der Waals surface area (Å²) in [5.41, 5.74) is 0. The van der Waals surface area contributed by atoms with Crippen molar-refractivity contribution in [2.75, 3.05) is 0 Å². The predicted molar refractivity (Wildman–Crippen MR) is 65.5 cm³/mol. The minimum atomic E-state index is -0.621. The summed E-state index contributed by atoms with van der Waals surface area (Å²) in [6.45, 7) is 4.68. The van der Waals surface area contributed by atoms with E-state index in [1.165, 1.54) is 12.8 Å². The van der Waals surface area contributed by atoms with Crippen LogP contribution in [-0.4, -0.2) is 24.8 Å². The fourth-order valence-electron chi connectivity index (χ4n) is 1.74. The predicted octanol–water partition coefficient (Wildman–Crippen LogP) is 3.38. The van der Waals surface area contributed by atoms with E-state index in [2.05, 4.69) is 25.4 Å². The van der Waals surface area contributed by atoms with Crippen LogP contribution in [0.3, 0.4) is 0 Å².